The zero-order valence-electron chi connectivity index (χ0n) is 16.2. The second kappa shape index (κ2) is 8.62. The number of aryl methyl sites for hydroxylation is 2. The Bertz CT molecular complexity index is 923. The Morgan fingerprint density at radius 2 is 1.90 bits per heavy atom. The summed E-state index contributed by atoms with van der Waals surface area (Å²) in [5, 5.41) is 12.9. The van der Waals surface area contributed by atoms with Crippen LogP contribution in [0.4, 0.5) is 14.5 Å². The fraction of sp³-hybridized carbons (Fsp3) is 0.381. The summed E-state index contributed by atoms with van der Waals surface area (Å²) < 4.78 is 31.6. The Morgan fingerprint density at radius 1 is 1.17 bits per heavy atom. The van der Waals surface area contributed by atoms with Gasteiger partial charge in [-0.1, -0.05) is 17.7 Å². The third-order valence-corrected chi connectivity index (χ3v) is 6.37. The minimum Gasteiger partial charge on any atom is -1.00 e. The molecular weight excluding hydrogens is 462 g/mol. The third kappa shape index (κ3) is 4.15. The van der Waals surface area contributed by atoms with Crippen molar-refractivity contribution in [3.05, 3.63) is 59.2 Å². The van der Waals surface area contributed by atoms with Crippen molar-refractivity contribution in [1.82, 2.24) is 0 Å². The number of benzene rings is 2. The fourth-order valence-electron chi connectivity index (χ4n) is 3.94. The molecule has 2 aliphatic rings. The lowest BCUT2D eigenvalue weighted by molar-refractivity contribution is -0.532. The molecule has 2 aromatic carbocycles. The number of halogens is 3. The molecule has 0 aromatic heterocycles. The molecule has 4 nitrogen and oxygen atoms in total. The molecule has 8 heteroatoms. The van der Waals surface area contributed by atoms with E-state index in [0.717, 1.165) is 40.7 Å². The second-order valence-electron chi connectivity index (χ2n) is 7.25. The van der Waals surface area contributed by atoms with Crippen molar-refractivity contribution in [2.75, 3.05) is 23.7 Å². The maximum absolute atomic E-state index is 12.5. The summed E-state index contributed by atoms with van der Waals surface area (Å²) in [6, 6.07) is 12.5. The predicted octanol–water partition coefficient (Wildman–Crippen LogP) is 1.08. The van der Waals surface area contributed by atoms with Crippen LogP contribution in [0.3, 0.4) is 0 Å². The minimum atomic E-state index is -2.87. The molecule has 0 saturated carbocycles. The third-order valence-electron chi connectivity index (χ3n) is 5.18. The first kappa shape index (κ1) is 22.1. The van der Waals surface area contributed by atoms with Crippen LogP contribution >= 0.6 is 11.8 Å². The van der Waals surface area contributed by atoms with Gasteiger partial charge >= 0.3 is 11.8 Å². The van der Waals surface area contributed by atoms with Crippen molar-refractivity contribution in [1.29, 1.82) is 0 Å². The number of thioether (sulfide) groups is 1. The normalized spacial score (nSPS) is 21.2. The van der Waals surface area contributed by atoms with Crippen molar-refractivity contribution in [3.63, 3.8) is 0 Å². The van der Waals surface area contributed by atoms with Crippen LogP contribution in [0.25, 0.3) is 0 Å². The first-order valence-corrected chi connectivity index (χ1v) is 10.3. The van der Waals surface area contributed by atoms with Gasteiger partial charge in [0, 0.05) is 11.3 Å². The average molecular weight is 485 g/mol. The smallest absolute Gasteiger partial charge is 0.387 e. The van der Waals surface area contributed by atoms with Crippen LogP contribution in [0.2, 0.25) is 0 Å². The van der Waals surface area contributed by atoms with E-state index in [0.29, 0.717) is 12.1 Å². The van der Waals surface area contributed by atoms with Gasteiger partial charge in [0.1, 0.15) is 11.4 Å². The first-order chi connectivity index (χ1) is 13.4. The number of amidine groups is 1. The van der Waals surface area contributed by atoms with Crippen molar-refractivity contribution in [2.24, 2.45) is 0 Å². The Hall–Kier alpha value is -1.64. The van der Waals surface area contributed by atoms with Gasteiger partial charge in [0.25, 0.3) is 5.72 Å². The van der Waals surface area contributed by atoms with E-state index in [1.807, 2.05) is 30.9 Å². The molecular formula is C21H23BrF2N2O2S. The quantitative estimate of drug-likeness (QED) is 0.658. The lowest BCUT2D eigenvalue weighted by atomic mass is 9.99. The number of aliphatic hydroxyl groups is 1. The molecule has 29 heavy (non-hydrogen) atoms. The van der Waals surface area contributed by atoms with Gasteiger partial charge in [-0.3, -0.25) is 0 Å². The summed E-state index contributed by atoms with van der Waals surface area (Å²) in [7, 11) is 0. The van der Waals surface area contributed by atoms with Crippen molar-refractivity contribution >= 4 is 22.6 Å². The molecule has 2 heterocycles. The van der Waals surface area contributed by atoms with Crippen LogP contribution in [0.1, 0.15) is 23.1 Å². The molecule has 4 rings (SSSR count). The molecule has 0 amide bonds. The van der Waals surface area contributed by atoms with E-state index < -0.39 is 12.3 Å². The first-order valence-electron chi connectivity index (χ1n) is 9.28. The Labute approximate surface area is 184 Å². The van der Waals surface area contributed by atoms with Crippen LogP contribution in [0.5, 0.6) is 5.75 Å². The zero-order chi connectivity index (χ0) is 19.9. The summed E-state index contributed by atoms with van der Waals surface area (Å²) in [5.74, 6) is 1.09. The molecule has 1 N–H and O–H groups in total. The molecule has 0 fully saturated rings. The SMILES string of the molecule is Cc1ccc(N2C3=[N+](CCCS3)CC2(O)c2ccc(OC(F)F)cc2)c(C)c1.[Br-]. The maximum atomic E-state index is 12.5. The highest BCUT2D eigenvalue weighted by atomic mass is 79.9. The van der Waals surface area contributed by atoms with E-state index in [9.17, 15) is 13.9 Å². The van der Waals surface area contributed by atoms with E-state index >= 15 is 0 Å². The highest BCUT2D eigenvalue weighted by Crippen LogP contribution is 2.41. The Balaban J connectivity index is 0.00000240. The number of anilines is 1. The van der Waals surface area contributed by atoms with Gasteiger partial charge in [0.05, 0.1) is 6.54 Å². The maximum Gasteiger partial charge on any atom is 0.387 e. The van der Waals surface area contributed by atoms with E-state index in [4.69, 9.17) is 0 Å². The Morgan fingerprint density at radius 3 is 2.55 bits per heavy atom. The van der Waals surface area contributed by atoms with Gasteiger partial charge in [0.15, 0.2) is 6.54 Å². The molecule has 156 valence electrons. The Kier molecular flexibility index (Phi) is 6.55. The average Bonchev–Trinajstić information content (AvgIpc) is 2.95. The van der Waals surface area contributed by atoms with E-state index in [2.05, 4.69) is 15.4 Å². The minimum absolute atomic E-state index is 0. The molecule has 2 aliphatic heterocycles. The van der Waals surface area contributed by atoms with Crippen LogP contribution < -0.4 is 26.6 Å². The largest absolute Gasteiger partial charge is 1.00 e. The predicted molar refractivity (Wildman–Crippen MR) is 107 cm³/mol. The number of hydrogen-bond acceptors (Lipinski definition) is 4. The van der Waals surface area contributed by atoms with Gasteiger partial charge < -0.3 is 26.8 Å². The van der Waals surface area contributed by atoms with Gasteiger partial charge in [-0.2, -0.15) is 13.7 Å². The zero-order valence-corrected chi connectivity index (χ0v) is 18.6. The number of ether oxygens (including phenoxy) is 1. The van der Waals surface area contributed by atoms with E-state index in [1.54, 1.807) is 23.9 Å². The van der Waals surface area contributed by atoms with Crippen LogP contribution in [-0.4, -0.2) is 40.3 Å². The number of nitrogens with zero attached hydrogens (tertiary/aromatic N) is 2. The van der Waals surface area contributed by atoms with Crippen LogP contribution in [0, 0.1) is 13.8 Å². The fourth-order valence-corrected chi connectivity index (χ4v) is 5.11. The van der Waals surface area contributed by atoms with Crippen LogP contribution in [-0.2, 0) is 5.72 Å². The number of rotatable bonds is 4. The lowest BCUT2D eigenvalue weighted by Gasteiger charge is -2.29. The molecule has 0 aliphatic carbocycles. The summed E-state index contributed by atoms with van der Waals surface area (Å²) in [6.07, 6.45) is 1.06. The van der Waals surface area contributed by atoms with Gasteiger partial charge in [0.2, 0.25) is 0 Å². The topological polar surface area (TPSA) is 35.7 Å². The molecule has 0 saturated heterocycles. The van der Waals surface area contributed by atoms with E-state index in [1.165, 1.54) is 12.1 Å². The monoisotopic (exact) mass is 484 g/mol. The molecule has 0 bridgehead atoms. The van der Waals surface area contributed by atoms with Crippen LogP contribution in [0.15, 0.2) is 42.5 Å². The molecule has 1 unspecified atom stereocenters. The van der Waals surface area contributed by atoms with Crippen molar-refractivity contribution in [3.8, 4) is 5.75 Å². The summed E-state index contributed by atoms with van der Waals surface area (Å²) >= 11 is 1.74. The lowest BCUT2D eigenvalue weighted by Crippen LogP contribution is -3.00. The van der Waals surface area contributed by atoms with E-state index in [-0.39, 0.29) is 22.7 Å². The number of alkyl halides is 2. The summed E-state index contributed by atoms with van der Waals surface area (Å²) in [6.45, 7) is 2.53. The summed E-state index contributed by atoms with van der Waals surface area (Å²) in [5.41, 5.74) is 2.56. The standard InChI is InChI=1S/C21H23F2N2O2S.BrH/c1-14-4-9-18(15(2)12-14)25-20-24(10-3-11-28-20)13-21(25,26)16-5-7-17(8-6-16)27-19(22)23;/h4-9,12,19,26H,3,10-11,13H2,1-2H3;1H/q+1;/p-1. The van der Waals surface area contributed by atoms with Gasteiger partial charge in [-0.15, -0.1) is 0 Å². The number of hydrogen-bond donors (Lipinski definition) is 1. The summed E-state index contributed by atoms with van der Waals surface area (Å²) in [4.78, 5) is 1.99. The van der Waals surface area contributed by atoms with Crippen molar-refractivity contribution < 1.29 is 40.2 Å². The van der Waals surface area contributed by atoms with Gasteiger partial charge in [-0.05, 0) is 67.9 Å². The molecule has 0 radical (unpaired) electrons. The highest BCUT2D eigenvalue weighted by molar-refractivity contribution is 8.14. The van der Waals surface area contributed by atoms with Crippen molar-refractivity contribution in [2.45, 2.75) is 32.6 Å². The van der Waals surface area contributed by atoms with Gasteiger partial charge in [-0.25, -0.2) is 4.58 Å². The second-order valence-corrected chi connectivity index (χ2v) is 8.31. The molecule has 1 atom stereocenters. The highest BCUT2D eigenvalue weighted by Gasteiger charge is 2.55. The molecule has 0 spiro atoms. The molecule has 2 aromatic rings.